The molecule has 1 heterocycles. The third kappa shape index (κ3) is 7.34. The number of hydrogen-bond acceptors (Lipinski definition) is 5. The number of benzene rings is 2. The lowest BCUT2D eigenvalue weighted by Gasteiger charge is -2.31. The third-order valence-electron chi connectivity index (χ3n) is 7.09. The molecular weight excluding hydrogens is 468 g/mol. The fourth-order valence-electron chi connectivity index (χ4n) is 5.16. The minimum absolute atomic E-state index is 0.0840. The molecule has 1 saturated carbocycles. The van der Waals surface area contributed by atoms with Crippen molar-refractivity contribution in [3.05, 3.63) is 71.3 Å². The third-order valence-corrected chi connectivity index (χ3v) is 7.09. The number of esters is 1. The molecule has 0 spiro atoms. The van der Waals surface area contributed by atoms with Gasteiger partial charge < -0.3 is 14.8 Å². The Morgan fingerprint density at radius 1 is 0.919 bits per heavy atom. The monoisotopic (exact) mass is 506 g/mol. The zero-order valence-electron chi connectivity index (χ0n) is 22.1. The van der Waals surface area contributed by atoms with E-state index in [1.807, 2.05) is 75.4 Å². The standard InChI is InChI=1S/C30H38N2O5/c1-30(2,3)37-28(34)24-13-11-22(12-14-24)23-15-17-25(18-16-23)31-27(33)26-10-7-19-32(26)29(35)36-20-21-8-5-4-6-9-21/h4-6,8-9,11-14,23,25-26H,7,10,15-20H2,1-3H3,(H,31,33)/t23?,25?,26-/m1/s1. The number of rotatable bonds is 6. The van der Waals surface area contributed by atoms with Crippen LogP contribution in [0.4, 0.5) is 4.79 Å². The predicted molar refractivity (Wildman–Crippen MR) is 141 cm³/mol. The lowest BCUT2D eigenvalue weighted by atomic mass is 9.81. The van der Waals surface area contributed by atoms with Crippen LogP contribution in [0, 0.1) is 0 Å². The van der Waals surface area contributed by atoms with Crippen molar-refractivity contribution in [2.24, 2.45) is 0 Å². The zero-order chi connectivity index (χ0) is 26.4. The van der Waals surface area contributed by atoms with E-state index in [1.54, 1.807) is 4.90 Å². The van der Waals surface area contributed by atoms with Gasteiger partial charge in [-0.2, -0.15) is 0 Å². The number of nitrogens with one attached hydrogen (secondary N) is 1. The number of carbonyl (C=O) groups is 3. The topological polar surface area (TPSA) is 84.9 Å². The Hall–Kier alpha value is -3.35. The largest absolute Gasteiger partial charge is 0.456 e. The van der Waals surface area contributed by atoms with Crippen LogP contribution in [-0.2, 0) is 20.9 Å². The number of nitrogens with zero attached hydrogens (tertiary/aromatic N) is 1. The predicted octanol–water partition coefficient (Wildman–Crippen LogP) is 5.59. The lowest BCUT2D eigenvalue weighted by Crippen LogP contribution is -2.49. The van der Waals surface area contributed by atoms with Gasteiger partial charge in [0.2, 0.25) is 5.91 Å². The number of amides is 2. The molecule has 0 radical (unpaired) electrons. The highest BCUT2D eigenvalue weighted by atomic mass is 16.6. The molecular formula is C30H38N2O5. The van der Waals surface area contributed by atoms with Gasteiger partial charge in [0.05, 0.1) is 5.56 Å². The average Bonchev–Trinajstić information content (AvgIpc) is 3.38. The van der Waals surface area contributed by atoms with Gasteiger partial charge in [-0.15, -0.1) is 0 Å². The molecule has 2 fully saturated rings. The summed E-state index contributed by atoms with van der Waals surface area (Å²) in [7, 11) is 0. The number of hydrogen-bond donors (Lipinski definition) is 1. The molecule has 0 aromatic heterocycles. The molecule has 1 saturated heterocycles. The van der Waals surface area contributed by atoms with Gasteiger partial charge in [-0.25, -0.2) is 9.59 Å². The minimum Gasteiger partial charge on any atom is -0.456 e. The van der Waals surface area contributed by atoms with Crippen molar-refractivity contribution in [3.8, 4) is 0 Å². The Labute approximate surface area is 219 Å². The van der Waals surface area contributed by atoms with Crippen LogP contribution in [0.15, 0.2) is 54.6 Å². The summed E-state index contributed by atoms with van der Waals surface area (Å²) in [5, 5.41) is 3.19. The first-order valence-electron chi connectivity index (χ1n) is 13.3. The summed E-state index contributed by atoms with van der Waals surface area (Å²) >= 11 is 0. The molecule has 7 heteroatoms. The summed E-state index contributed by atoms with van der Waals surface area (Å²) in [6.07, 6.45) is 4.72. The van der Waals surface area contributed by atoms with E-state index >= 15 is 0 Å². The molecule has 37 heavy (non-hydrogen) atoms. The highest BCUT2D eigenvalue weighted by Crippen LogP contribution is 2.33. The average molecular weight is 507 g/mol. The summed E-state index contributed by atoms with van der Waals surface area (Å²) in [4.78, 5) is 39.5. The molecule has 1 aliphatic heterocycles. The summed E-state index contributed by atoms with van der Waals surface area (Å²) in [5.74, 6) is 0.00600. The van der Waals surface area contributed by atoms with Crippen LogP contribution in [-0.4, -0.2) is 47.1 Å². The molecule has 1 aliphatic carbocycles. The first-order valence-corrected chi connectivity index (χ1v) is 13.3. The number of ether oxygens (including phenoxy) is 2. The molecule has 1 atom stereocenters. The van der Waals surface area contributed by atoms with Crippen molar-refractivity contribution in [3.63, 3.8) is 0 Å². The summed E-state index contributed by atoms with van der Waals surface area (Å²) in [6.45, 7) is 6.32. The fraction of sp³-hybridized carbons (Fsp3) is 0.500. The van der Waals surface area contributed by atoms with E-state index in [0.29, 0.717) is 24.4 Å². The lowest BCUT2D eigenvalue weighted by molar-refractivity contribution is -0.126. The van der Waals surface area contributed by atoms with Crippen LogP contribution in [0.5, 0.6) is 0 Å². The SMILES string of the molecule is CC(C)(C)OC(=O)c1ccc(C2CCC(NC(=O)[C@H]3CCCN3C(=O)OCc3ccccc3)CC2)cc1. The van der Waals surface area contributed by atoms with Crippen molar-refractivity contribution >= 4 is 18.0 Å². The van der Waals surface area contributed by atoms with E-state index in [2.05, 4.69) is 5.32 Å². The van der Waals surface area contributed by atoms with Crippen LogP contribution in [0.2, 0.25) is 0 Å². The highest BCUT2D eigenvalue weighted by molar-refractivity contribution is 5.89. The van der Waals surface area contributed by atoms with E-state index in [9.17, 15) is 14.4 Å². The van der Waals surface area contributed by atoms with E-state index in [0.717, 1.165) is 37.7 Å². The van der Waals surface area contributed by atoms with Crippen LogP contribution < -0.4 is 5.32 Å². The van der Waals surface area contributed by atoms with Gasteiger partial charge in [0, 0.05) is 12.6 Å². The summed E-state index contributed by atoms with van der Waals surface area (Å²) in [6, 6.07) is 16.9. The molecule has 2 aromatic carbocycles. The van der Waals surface area contributed by atoms with Gasteiger partial charge in [-0.05, 0) is 88.5 Å². The molecule has 2 aromatic rings. The molecule has 4 rings (SSSR count). The molecule has 2 amide bonds. The maximum atomic E-state index is 13.1. The second kappa shape index (κ2) is 11.8. The van der Waals surface area contributed by atoms with Crippen molar-refractivity contribution in [2.75, 3.05) is 6.54 Å². The Morgan fingerprint density at radius 3 is 2.24 bits per heavy atom. The number of carbonyl (C=O) groups excluding carboxylic acids is 3. The van der Waals surface area contributed by atoms with Crippen LogP contribution in [0.25, 0.3) is 0 Å². The van der Waals surface area contributed by atoms with Crippen LogP contribution in [0.3, 0.4) is 0 Å². The van der Waals surface area contributed by atoms with Gasteiger partial charge in [0.25, 0.3) is 0 Å². The Balaban J connectivity index is 1.24. The van der Waals surface area contributed by atoms with Crippen molar-refractivity contribution in [1.29, 1.82) is 0 Å². The normalized spacial score (nSPS) is 21.8. The van der Waals surface area contributed by atoms with Gasteiger partial charge in [0.1, 0.15) is 18.2 Å². The molecule has 2 aliphatic rings. The van der Waals surface area contributed by atoms with Gasteiger partial charge in [-0.3, -0.25) is 9.69 Å². The second-order valence-electron chi connectivity index (χ2n) is 11.1. The molecule has 0 unspecified atom stereocenters. The van der Waals surface area contributed by atoms with E-state index < -0.39 is 17.7 Å². The van der Waals surface area contributed by atoms with Crippen molar-refractivity contribution in [1.82, 2.24) is 10.2 Å². The second-order valence-corrected chi connectivity index (χ2v) is 11.1. The molecule has 0 bridgehead atoms. The smallest absolute Gasteiger partial charge is 0.410 e. The highest BCUT2D eigenvalue weighted by Gasteiger charge is 2.36. The van der Waals surface area contributed by atoms with E-state index in [-0.39, 0.29) is 24.5 Å². The molecule has 1 N–H and O–H groups in total. The van der Waals surface area contributed by atoms with E-state index in [4.69, 9.17) is 9.47 Å². The van der Waals surface area contributed by atoms with E-state index in [1.165, 1.54) is 5.56 Å². The number of likely N-dealkylation sites (tertiary alicyclic amines) is 1. The van der Waals surface area contributed by atoms with Gasteiger partial charge >= 0.3 is 12.1 Å². The Morgan fingerprint density at radius 2 is 1.59 bits per heavy atom. The minimum atomic E-state index is -0.517. The van der Waals surface area contributed by atoms with Crippen molar-refractivity contribution < 1.29 is 23.9 Å². The Kier molecular flexibility index (Phi) is 8.52. The van der Waals surface area contributed by atoms with Gasteiger partial charge in [-0.1, -0.05) is 42.5 Å². The van der Waals surface area contributed by atoms with Crippen LogP contribution >= 0.6 is 0 Å². The molecule has 7 nitrogen and oxygen atoms in total. The zero-order valence-corrected chi connectivity index (χ0v) is 22.1. The fourth-order valence-corrected chi connectivity index (χ4v) is 5.16. The van der Waals surface area contributed by atoms with Gasteiger partial charge in [0.15, 0.2) is 0 Å². The maximum absolute atomic E-state index is 13.1. The quantitative estimate of drug-likeness (QED) is 0.517. The van der Waals surface area contributed by atoms with Crippen LogP contribution in [0.1, 0.15) is 86.7 Å². The maximum Gasteiger partial charge on any atom is 0.410 e. The summed E-state index contributed by atoms with van der Waals surface area (Å²) < 4.78 is 10.9. The van der Waals surface area contributed by atoms with Crippen molar-refractivity contribution in [2.45, 2.75) is 89.5 Å². The first-order chi connectivity index (χ1) is 17.7. The summed E-state index contributed by atoms with van der Waals surface area (Å²) in [5.41, 5.74) is 2.17. The first kappa shape index (κ1) is 26.7. The Bertz CT molecular complexity index is 1070. The molecule has 198 valence electrons.